The molecule has 1 aliphatic heterocycles. The molecule has 2 aromatic rings. The van der Waals surface area contributed by atoms with E-state index in [-0.39, 0.29) is 21.6 Å². The number of benzene rings is 1. The summed E-state index contributed by atoms with van der Waals surface area (Å²) in [6.45, 7) is 0. The van der Waals surface area contributed by atoms with E-state index in [4.69, 9.17) is 5.73 Å². The second-order valence-corrected chi connectivity index (χ2v) is 5.98. The first kappa shape index (κ1) is 17.4. The van der Waals surface area contributed by atoms with Crippen LogP contribution in [0.1, 0.15) is 10.5 Å². The van der Waals surface area contributed by atoms with Crippen molar-refractivity contribution in [1.82, 2.24) is 9.97 Å². The number of ether oxygens (including phenoxy) is 1. The summed E-state index contributed by atoms with van der Waals surface area (Å²) in [5.74, 6) is -1.78. The second kappa shape index (κ2) is 7.23. The van der Waals surface area contributed by atoms with Gasteiger partial charge in [-0.1, -0.05) is 18.2 Å². The van der Waals surface area contributed by atoms with Gasteiger partial charge in [0.25, 0.3) is 11.8 Å². The Balaban J connectivity index is 2.08. The van der Waals surface area contributed by atoms with Gasteiger partial charge in [0.2, 0.25) is 0 Å². The minimum atomic E-state index is -0.729. The smallest absolute Gasteiger partial charge is 0.331 e. The first-order valence-electron chi connectivity index (χ1n) is 7.30. The molecule has 0 radical (unpaired) electrons. The fourth-order valence-corrected chi connectivity index (χ4v) is 3.11. The summed E-state index contributed by atoms with van der Waals surface area (Å²) in [6, 6.07) is 8.76. The summed E-state index contributed by atoms with van der Waals surface area (Å²) in [6.07, 6.45) is 2.37. The van der Waals surface area contributed by atoms with E-state index in [1.165, 1.54) is 18.3 Å². The zero-order valence-corrected chi connectivity index (χ0v) is 14.3. The van der Waals surface area contributed by atoms with Crippen LogP contribution in [0, 0.1) is 0 Å². The summed E-state index contributed by atoms with van der Waals surface area (Å²) in [4.78, 5) is 48.0. The Morgan fingerprint density at radius 3 is 2.73 bits per heavy atom. The third-order valence-corrected chi connectivity index (χ3v) is 4.31. The molecule has 1 fully saturated rings. The van der Waals surface area contributed by atoms with Gasteiger partial charge in [0.15, 0.2) is 16.7 Å². The van der Waals surface area contributed by atoms with Crippen molar-refractivity contribution in [3.63, 3.8) is 0 Å². The minimum absolute atomic E-state index is 0.0176. The largest absolute Gasteiger partial charge is 0.466 e. The fourth-order valence-electron chi connectivity index (χ4n) is 2.16. The highest BCUT2D eigenvalue weighted by Gasteiger charge is 2.35. The van der Waals surface area contributed by atoms with Crippen LogP contribution in [0.25, 0.3) is 0 Å². The highest BCUT2D eigenvalue weighted by molar-refractivity contribution is 8.19. The second-order valence-electron chi connectivity index (χ2n) is 4.97. The zero-order valence-electron chi connectivity index (χ0n) is 13.5. The number of rotatable bonds is 4. The van der Waals surface area contributed by atoms with Gasteiger partial charge in [-0.25, -0.2) is 14.8 Å². The van der Waals surface area contributed by atoms with Crippen LogP contribution in [0.4, 0.5) is 11.5 Å². The van der Waals surface area contributed by atoms with Crippen molar-refractivity contribution < 1.29 is 19.1 Å². The number of esters is 1. The van der Waals surface area contributed by atoms with E-state index in [2.05, 4.69) is 19.7 Å². The quantitative estimate of drug-likeness (QED) is 0.616. The van der Waals surface area contributed by atoms with Gasteiger partial charge in [-0.05, 0) is 23.9 Å². The molecule has 26 heavy (non-hydrogen) atoms. The number of aromatic amines is 1. The van der Waals surface area contributed by atoms with Crippen molar-refractivity contribution in [1.29, 1.82) is 0 Å². The molecule has 2 heterocycles. The highest BCUT2D eigenvalue weighted by atomic mass is 32.2. The molecule has 0 bridgehead atoms. The number of nitrogens with two attached hydrogens (primary N) is 1. The number of hydrogen-bond donors (Lipinski definition) is 2. The lowest BCUT2D eigenvalue weighted by atomic mass is 10.3. The van der Waals surface area contributed by atoms with Crippen molar-refractivity contribution in [2.24, 2.45) is 10.7 Å². The van der Waals surface area contributed by atoms with Crippen LogP contribution in [0.15, 0.2) is 52.6 Å². The first-order chi connectivity index (χ1) is 12.5. The lowest BCUT2D eigenvalue weighted by molar-refractivity contribution is -0.135. The van der Waals surface area contributed by atoms with Crippen LogP contribution >= 0.6 is 11.8 Å². The monoisotopic (exact) mass is 371 g/mol. The van der Waals surface area contributed by atoms with Crippen LogP contribution in [-0.2, 0) is 14.3 Å². The van der Waals surface area contributed by atoms with Crippen molar-refractivity contribution in [3.05, 3.63) is 53.3 Å². The molecule has 2 amide bonds. The number of hydrogen-bond acceptors (Lipinski definition) is 7. The van der Waals surface area contributed by atoms with Crippen molar-refractivity contribution in [2.75, 3.05) is 12.0 Å². The number of H-pyrrole nitrogens is 1. The number of thioether (sulfide) groups is 1. The average molecular weight is 371 g/mol. The van der Waals surface area contributed by atoms with E-state index < -0.39 is 17.8 Å². The average Bonchev–Trinajstić information content (AvgIpc) is 3.21. The number of imidazole rings is 1. The van der Waals surface area contributed by atoms with Crippen LogP contribution in [0.3, 0.4) is 0 Å². The van der Waals surface area contributed by atoms with Crippen molar-refractivity contribution >= 4 is 46.2 Å². The molecule has 3 N–H and O–H groups in total. The normalized spacial score (nSPS) is 17.1. The Morgan fingerprint density at radius 2 is 2.08 bits per heavy atom. The number of nitrogens with one attached hydrogen (secondary N) is 1. The summed E-state index contributed by atoms with van der Waals surface area (Å²) in [5, 5.41) is 0.228. The Bertz CT molecular complexity index is 935. The van der Waals surface area contributed by atoms with E-state index in [0.717, 1.165) is 17.8 Å². The number of aromatic nitrogens is 2. The predicted molar refractivity (Wildman–Crippen MR) is 95.8 cm³/mol. The third-order valence-electron chi connectivity index (χ3n) is 3.34. The van der Waals surface area contributed by atoms with Crippen molar-refractivity contribution in [3.8, 4) is 0 Å². The predicted octanol–water partition coefficient (Wildman–Crippen LogP) is 1.33. The summed E-state index contributed by atoms with van der Waals surface area (Å²) < 4.78 is 4.58. The summed E-state index contributed by atoms with van der Waals surface area (Å²) in [5.41, 5.74) is 5.84. The molecule has 132 valence electrons. The van der Waals surface area contributed by atoms with Gasteiger partial charge in [0.1, 0.15) is 0 Å². The van der Waals surface area contributed by atoms with Gasteiger partial charge in [0, 0.05) is 6.08 Å². The molecule has 1 aliphatic rings. The van der Waals surface area contributed by atoms with E-state index in [1.807, 2.05) is 0 Å². The Morgan fingerprint density at radius 1 is 1.35 bits per heavy atom. The molecule has 1 aromatic carbocycles. The Labute approximate surface area is 151 Å². The van der Waals surface area contributed by atoms with Crippen LogP contribution < -0.4 is 10.6 Å². The van der Waals surface area contributed by atoms with E-state index in [1.54, 1.807) is 30.3 Å². The molecule has 0 atom stereocenters. The third kappa shape index (κ3) is 3.35. The number of amidine groups is 1. The SMILES string of the molecule is COC(=O)/C=C1\SC(=Nc2nc[nH]c2C(N)=O)N(c2ccccc2)C1=O. The molecule has 0 spiro atoms. The highest BCUT2D eigenvalue weighted by Crippen LogP contribution is 2.36. The number of carbonyl (C=O) groups excluding carboxylic acids is 3. The van der Waals surface area contributed by atoms with E-state index in [9.17, 15) is 14.4 Å². The maximum absolute atomic E-state index is 12.7. The molecule has 3 rings (SSSR count). The number of nitrogens with zero attached hydrogens (tertiary/aromatic N) is 3. The summed E-state index contributed by atoms with van der Waals surface area (Å²) in [7, 11) is 1.22. The van der Waals surface area contributed by atoms with Gasteiger partial charge >= 0.3 is 5.97 Å². The van der Waals surface area contributed by atoms with Gasteiger partial charge < -0.3 is 15.5 Å². The molecule has 1 saturated heterocycles. The first-order valence-corrected chi connectivity index (χ1v) is 8.11. The molecule has 1 aromatic heterocycles. The number of methoxy groups -OCH3 is 1. The lowest BCUT2D eigenvalue weighted by Gasteiger charge is -2.15. The number of aliphatic imine (C=N–C) groups is 1. The number of amides is 2. The Kier molecular flexibility index (Phi) is 4.85. The maximum Gasteiger partial charge on any atom is 0.331 e. The number of para-hydroxylation sites is 1. The number of anilines is 1. The molecule has 0 saturated carbocycles. The number of carbonyl (C=O) groups is 3. The van der Waals surface area contributed by atoms with Crippen LogP contribution in [0.5, 0.6) is 0 Å². The molecular formula is C16H13N5O4S. The zero-order chi connectivity index (χ0) is 18.7. The molecular weight excluding hydrogens is 358 g/mol. The summed E-state index contributed by atoms with van der Waals surface area (Å²) >= 11 is 0.965. The van der Waals surface area contributed by atoms with E-state index >= 15 is 0 Å². The topological polar surface area (TPSA) is 131 Å². The Hall–Kier alpha value is -3.40. The van der Waals surface area contributed by atoms with Gasteiger partial charge in [-0.3, -0.25) is 14.5 Å². The molecule has 0 unspecified atom stereocenters. The van der Waals surface area contributed by atoms with Gasteiger partial charge in [-0.2, -0.15) is 0 Å². The van der Waals surface area contributed by atoms with Gasteiger partial charge in [0.05, 0.1) is 24.0 Å². The minimum Gasteiger partial charge on any atom is -0.466 e. The van der Waals surface area contributed by atoms with Crippen LogP contribution in [0.2, 0.25) is 0 Å². The molecule has 10 heteroatoms. The standard InChI is InChI=1S/C16H13N5O4S/c1-25-11(22)7-10-15(24)21(9-5-3-2-4-6-9)16(26-10)20-14-12(13(17)23)18-8-19-14/h2-8H,1H3,(H2,17,23)(H,18,19)/b10-7-,20-16?. The lowest BCUT2D eigenvalue weighted by Crippen LogP contribution is -2.28. The fraction of sp³-hybridized carbons (Fsp3) is 0.0625. The molecule has 9 nitrogen and oxygen atoms in total. The van der Waals surface area contributed by atoms with Crippen molar-refractivity contribution in [2.45, 2.75) is 0 Å². The number of primary amides is 1. The van der Waals surface area contributed by atoms with Gasteiger partial charge in [-0.15, -0.1) is 0 Å². The molecule has 0 aliphatic carbocycles. The van der Waals surface area contributed by atoms with Crippen LogP contribution in [-0.4, -0.2) is 40.0 Å². The van der Waals surface area contributed by atoms with E-state index in [0.29, 0.717) is 5.69 Å². The maximum atomic E-state index is 12.7.